The Morgan fingerprint density at radius 2 is 1.65 bits per heavy atom. The highest BCUT2D eigenvalue weighted by Gasteiger charge is 2.05. The van der Waals surface area contributed by atoms with Gasteiger partial charge in [0.15, 0.2) is 0 Å². The van der Waals surface area contributed by atoms with Gasteiger partial charge >= 0.3 is 0 Å². The lowest BCUT2D eigenvalue weighted by molar-refractivity contribution is 0.412. The van der Waals surface area contributed by atoms with Gasteiger partial charge in [0.1, 0.15) is 11.5 Å². The number of benzene rings is 2. The first-order valence-electron chi connectivity index (χ1n) is 6.04. The summed E-state index contributed by atoms with van der Waals surface area (Å²) in [6, 6.07) is 11.9. The summed E-state index contributed by atoms with van der Waals surface area (Å²) < 4.78 is 12.5. The fraction of sp³-hybridized carbons (Fsp3) is 0.200. The molecule has 2 aromatic rings. The van der Waals surface area contributed by atoms with Crippen LogP contribution in [-0.2, 0) is 6.54 Å². The van der Waals surface area contributed by atoms with Crippen LogP contribution in [0.25, 0.3) is 0 Å². The van der Waals surface area contributed by atoms with Crippen LogP contribution < -0.4 is 14.8 Å². The molecule has 0 bridgehead atoms. The summed E-state index contributed by atoms with van der Waals surface area (Å²) >= 11 is 6.95. The first kappa shape index (κ1) is 15.2. The molecule has 106 valence electrons. The summed E-state index contributed by atoms with van der Waals surface area (Å²) in [7, 11) is 3.32. The predicted molar refractivity (Wildman–Crippen MR) is 88.7 cm³/mol. The van der Waals surface area contributed by atoms with E-state index in [2.05, 4.69) is 37.2 Å². The van der Waals surface area contributed by atoms with Crippen molar-refractivity contribution in [1.82, 2.24) is 0 Å². The van der Waals surface area contributed by atoms with Crippen molar-refractivity contribution in [2.75, 3.05) is 19.5 Å². The molecular formula is C15H15Br2NO2. The molecule has 2 rings (SSSR count). The lowest BCUT2D eigenvalue weighted by Crippen LogP contribution is -2.01. The van der Waals surface area contributed by atoms with E-state index < -0.39 is 0 Å². The zero-order valence-electron chi connectivity index (χ0n) is 11.2. The Hall–Kier alpha value is -1.20. The van der Waals surface area contributed by atoms with E-state index in [1.165, 1.54) is 0 Å². The summed E-state index contributed by atoms with van der Waals surface area (Å²) in [5.41, 5.74) is 2.11. The minimum Gasteiger partial charge on any atom is -0.496 e. The highest BCUT2D eigenvalue weighted by Crippen LogP contribution is 2.29. The molecule has 0 aliphatic carbocycles. The quantitative estimate of drug-likeness (QED) is 0.778. The maximum Gasteiger partial charge on any atom is 0.142 e. The Labute approximate surface area is 135 Å². The number of nitrogens with one attached hydrogen (secondary N) is 1. The molecular weight excluding hydrogens is 386 g/mol. The summed E-state index contributed by atoms with van der Waals surface area (Å²) in [6.45, 7) is 0.704. The molecule has 0 amide bonds. The second-order valence-corrected chi connectivity index (χ2v) is 5.94. The molecule has 0 aliphatic rings. The van der Waals surface area contributed by atoms with E-state index in [0.29, 0.717) is 6.54 Å². The van der Waals surface area contributed by atoms with Gasteiger partial charge in [-0.25, -0.2) is 0 Å². The van der Waals surface area contributed by atoms with E-state index in [0.717, 1.165) is 31.7 Å². The molecule has 1 N–H and O–H groups in total. The van der Waals surface area contributed by atoms with Gasteiger partial charge in [0.25, 0.3) is 0 Å². The molecule has 0 saturated carbocycles. The van der Waals surface area contributed by atoms with Crippen molar-refractivity contribution in [3.63, 3.8) is 0 Å². The van der Waals surface area contributed by atoms with Crippen molar-refractivity contribution in [3.8, 4) is 11.5 Å². The van der Waals surface area contributed by atoms with Gasteiger partial charge in [0, 0.05) is 11.0 Å². The van der Waals surface area contributed by atoms with E-state index in [1.807, 2.05) is 36.4 Å². The Morgan fingerprint density at radius 1 is 0.950 bits per heavy atom. The average Bonchev–Trinajstić information content (AvgIpc) is 2.45. The minimum atomic E-state index is 0.704. The van der Waals surface area contributed by atoms with Crippen molar-refractivity contribution in [3.05, 3.63) is 50.9 Å². The fourth-order valence-corrected chi connectivity index (χ4v) is 2.78. The SMILES string of the molecule is COc1ccc(CNc2cc(Br)ccc2OC)cc1Br. The minimum absolute atomic E-state index is 0.704. The van der Waals surface area contributed by atoms with Gasteiger partial charge in [0.05, 0.1) is 24.4 Å². The lowest BCUT2D eigenvalue weighted by atomic mass is 10.2. The van der Waals surface area contributed by atoms with E-state index in [1.54, 1.807) is 14.2 Å². The molecule has 0 saturated heterocycles. The van der Waals surface area contributed by atoms with Gasteiger partial charge in [-0.1, -0.05) is 22.0 Å². The molecule has 2 aromatic carbocycles. The zero-order valence-corrected chi connectivity index (χ0v) is 14.4. The number of ether oxygens (including phenoxy) is 2. The molecule has 0 heterocycles. The van der Waals surface area contributed by atoms with Crippen LogP contribution in [0.15, 0.2) is 45.3 Å². The molecule has 5 heteroatoms. The molecule has 20 heavy (non-hydrogen) atoms. The van der Waals surface area contributed by atoms with Crippen LogP contribution >= 0.6 is 31.9 Å². The molecule has 0 aromatic heterocycles. The topological polar surface area (TPSA) is 30.5 Å². The Morgan fingerprint density at radius 3 is 2.30 bits per heavy atom. The van der Waals surface area contributed by atoms with Crippen molar-refractivity contribution in [2.45, 2.75) is 6.54 Å². The largest absolute Gasteiger partial charge is 0.496 e. The Balaban J connectivity index is 2.12. The van der Waals surface area contributed by atoms with E-state index in [4.69, 9.17) is 9.47 Å². The highest BCUT2D eigenvalue weighted by atomic mass is 79.9. The Bertz CT molecular complexity index is 602. The Kier molecular flexibility index (Phi) is 5.31. The van der Waals surface area contributed by atoms with Crippen LogP contribution in [0, 0.1) is 0 Å². The second kappa shape index (κ2) is 6.99. The molecule has 0 atom stereocenters. The molecule has 0 radical (unpaired) electrons. The van der Waals surface area contributed by atoms with Gasteiger partial charge in [-0.15, -0.1) is 0 Å². The first-order chi connectivity index (χ1) is 9.63. The van der Waals surface area contributed by atoms with Crippen LogP contribution in [-0.4, -0.2) is 14.2 Å². The van der Waals surface area contributed by atoms with Crippen molar-refractivity contribution in [1.29, 1.82) is 0 Å². The van der Waals surface area contributed by atoms with Crippen molar-refractivity contribution >= 4 is 37.5 Å². The van der Waals surface area contributed by atoms with Gasteiger partial charge in [-0.2, -0.15) is 0 Å². The van der Waals surface area contributed by atoms with Crippen LogP contribution in [0.4, 0.5) is 5.69 Å². The van der Waals surface area contributed by atoms with Crippen LogP contribution in [0.5, 0.6) is 11.5 Å². The number of hydrogen-bond donors (Lipinski definition) is 1. The van der Waals surface area contributed by atoms with Crippen molar-refractivity contribution in [2.24, 2.45) is 0 Å². The zero-order chi connectivity index (χ0) is 14.5. The molecule has 3 nitrogen and oxygen atoms in total. The van der Waals surface area contributed by atoms with Crippen LogP contribution in [0.3, 0.4) is 0 Å². The van der Waals surface area contributed by atoms with E-state index in [-0.39, 0.29) is 0 Å². The third-order valence-corrected chi connectivity index (χ3v) is 3.97. The van der Waals surface area contributed by atoms with E-state index in [9.17, 15) is 0 Å². The predicted octanol–water partition coefficient (Wildman–Crippen LogP) is 4.84. The van der Waals surface area contributed by atoms with Crippen LogP contribution in [0.1, 0.15) is 5.56 Å². The maximum absolute atomic E-state index is 5.34. The number of anilines is 1. The third kappa shape index (κ3) is 3.67. The number of rotatable bonds is 5. The normalized spacial score (nSPS) is 10.2. The van der Waals surface area contributed by atoms with Crippen molar-refractivity contribution < 1.29 is 9.47 Å². The lowest BCUT2D eigenvalue weighted by Gasteiger charge is -2.12. The number of halogens is 2. The monoisotopic (exact) mass is 399 g/mol. The third-order valence-electron chi connectivity index (χ3n) is 2.86. The average molecular weight is 401 g/mol. The van der Waals surface area contributed by atoms with Gasteiger partial charge in [0.2, 0.25) is 0 Å². The molecule has 0 fully saturated rings. The standard InChI is InChI=1S/C15H15Br2NO2/c1-19-14-5-3-10(7-12(14)17)9-18-13-8-11(16)4-6-15(13)20-2/h3-8,18H,9H2,1-2H3. The van der Waals surface area contributed by atoms with Gasteiger partial charge in [-0.05, 0) is 51.8 Å². The summed E-state index contributed by atoms with van der Waals surface area (Å²) in [4.78, 5) is 0. The smallest absolute Gasteiger partial charge is 0.142 e. The molecule has 0 aliphatic heterocycles. The van der Waals surface area contributed by atoms with Gasteiger partial charge in [-0.3, -0.25) is 0 Å². The van der Waals surface area contributed by atoms with Gasteiger partial charge < -0.3 is 14.8 Å². The molecule has 0 unspecified atom stereocenters. The van der Waals surface area contributed by atoms with E-state index >= 15 is 0 Å². The number of methoxy groups -OCH3 is 2. The first-order valence-corrected chi connectivity index (χ1v) is 7.62. The summed E-state index contributed by atoms with van der Waals surface area (Å²) in [5.74, 6) is 1.65. The highest BCUT2D eigenvalue weighted by molar-refractivity contribution is 9.10. The summed E-state index contributed by atoms with van der Waals surface area (Å²) in [6.07, 6.45) is 0. The molecule has 0 spiro atoms. The number of hydrogen-bond acceptors (Lipinski definition) is 3. The summed E-state index contributed by atoms with van der Waals surface area (Å²) in [5, 5.41) is 3.37. The van der Waals surface area contributed by atoms with Crippen LogP contribution in [0.2, 0.25) is 0 Å². The fourth-order valence-electron chi connectivity index (χ4n) is 1.84. The second-order valence-electron chi connectivity index (χ2n) is 4.17. The maximum atomic E-state index is 5.34.